The molecule has 0 aromatic carbocycles. The average Bonchev–Trinajstić information content (AvgIpc) is 2.32. The maximum Gasteiger partial charge on any atom is 0.329 e. The molecule has 0 spiro atoms. The predicted molar refractivity (Wildman–Crippen MR) is 71.8 cm³/mol. The molecule has 0 aliphatic heterocycles. The van der Waals surface area contributed by atoms with Crippen molar-refractivity contribution in [3.63, 3.8) is 0 Å². The molecule has 0 aliphatic carbocycles. The summed E-state index contributed by atoms with van der Waals surface area (Å²) in [7, 11) is 0. The first kappa shape index (κ1) is 15.1. The second-order valence-electron chi connectivity index (χ2n) is 4.88. The summed E-state index contributed by atoms with van der Waals surface area (Å²) in [6.45, 7) is 5.29. The van der Waals surface area contributed by atoms with Gasteiger partial charge in [0.25, 0.3) is 0 Å². The van der Waals surface area contributed by atoms with Crippen molar-refractivity contribution in [1.82, 2.24) is 10.3 Å². The predicted octanol–water partition coefficient (Wildman–Crippen LogP) is 1.69. The highest BCUT2D eigenvalue weighted by atomic mass is 16.4. The fourth-order valence-corrected chi connectivity index (χ4v) is 1.93. The van der Waals surface area contributed by atoms with Gasteiger partial charge in [-0.2, -0.15) is 0 Å². The van der Waals surface area contributed by atoms with Crippen LogP contribution in [0.15, 0.2) is 18.3 Å². The molecule has 2 N–H and O–H groups in total. The van der Waals surface area contributed by atoms with E-state index in [1.807, 2.05) is 19.9 Å². The molecule has 104 valence electrons. The first-order valence-electron chi connectivity index (χ1n) is 6.34. The fraction of sp³-hybridized carbons (Fsp3) is 0.500. The lowest BCUT2D eigenvalue weighted by Crippen LogP contribution is -2.52. The van der Waals surface area contributed by atoms with Gasteiger partial charge in [0.1, 0.15) is 5.54 Å². The Morgan fingerprint density at radius 3 is 2.68 bits per heavy atom. The Balaban J connectivity index is 2.74. The van der Waals surface area contributed by atoms with Crippen LogP contribution in [0, 0.1) is 6.92 Å². The van der Waals surface area contributed by atoms with Gasteiger partial charge >= 0.3 is 5.97 Å². The lowest BCUT2D eigenvalue weighted by atomic mass is 9.96. The lowest BCUT2D eigenvalue weighted by molar-refractivity contribution is -0.147. The molecule has 0 saturated heterocycles. The number of carbonyl (C=O) groups excluding carboxylic acids is 1. The second-order valence-corrected chi connectivity index (χ2v) is 4.88. The van der Waals surface area contributed by atoms with Crippen LogP contribution in [-0.2, 0) is 16.0 Å². The molecule has 1 aromatic rings. The number of carboxylic acid groups (broad SMARTS) is 1. The van der Waals surface area contributed by atoms with Gasteiger partial charge in [-0.25, -0.2) is 4.79 Å². The minimum atomic E-state index is -1.21. The molecule has 5 heteroatoms. The van der Waals surface area contributed by atoms with Gasteiger partial charge in [-0.1, -0.05) is 19.4 Å². The van der Waals surface area contributed by atoms with E-state index in [-0.39, 0.29) is 12.3 Å². The van der Waals surface area contributed by atoms with Gasteiger partial charge in [-0.3, -0.25) is 9.78 Å². The zero-order valence-electron chi connectivity index (χ0n) is 11.6. The molecule has 0 fully saturated rings. The summed E-state index contributed by atoms with van der Waals surface area (Å²) in [4.78, 5) is 27.3. The largest absolute Gasteiger partial charge is 0.480 e. The Morgan fingerprint density at radius 1 is 1.47 bits per heavy atom. The number of rotatable bonds is 6. The number of pyridine rings is 1. The molecule has 1 amide bonds. The first-order chi connectivity index (χ1) is 8.89. The number of amides is 1. The Kier molecular flexibility index (Phi) is 5.03. The van der Waals surface area contributed by atoms with Gasteiger partial charge < -0.3 is 10.4 Å². The van der Waals surface area contributed by atoms with Crippen LogP contribution in [0.25, 0.3) is 0 Å². The SMILES string of the molecule is CCCC(C)(NC(=O)Cc1ncccc1C)C(=O)O. The molecule has 5 nitrogen and oxygen atoms in total. The zero-order valence-corrected chi connectivity index (χ0v) is 11.6. The molecule has 1 unspecified atom stereocenters. The van der Waals surface area contributed by atoms with Gasteiger partial charge in [-0.15, -0.1) is 0 Å². The number of hydrogen-bond donors (Lipinski definition) is 2. The Bertz CT molecular complexity index is 474. The second kappa shape index (κ2) is 6.31. The van der Waals surface area contributed by atoms with Gasteiger partial charge in [0.05, 0.1) is 12.1 Å². The number of aromatic nitrogens is 1. The summed E-state index contributed by atoms with van der Waals surface area (Å²) >= 11 is 0. The average molecular weight is 264 g/mol. The maximum absolute atomic E-state index is 11.9. The molecular weight excluding hydrogens is 244 g/mol. The van der Waals surface area contributed by atoms with Crippen molar-refractivity contribution in [2.24, 2.45) is 0 Å². The van der Waals surface area contributed by atoms with Crippen molar-refractivity contribution in [2.45, 2.75) is 45.6 Å². The highest BCUT2D eigenvalue weighted by molar-refractivity contribution is 5.87. The van der Waals surface area contributed by atoms with E-state index < -0.39 is 11.5 Å². The van der Waals surface area contributed by atoms with Crippen molar-refractivity contribution >= 4 is 11.9 Å². The molecular formula is C14H20N2O3. The van der Waals surface area contributed by atoms with E-state index in [1.165, 1.54) is 6.92 Å². The number of aliphatic carboxylic acids is 1. The minimum absolute atomic E-state index is 0.0965. The van der Waals surface area contributed by atoms with Crippen LogP contribution >= 0.6 is 0 Å². The third kappa shape index (κ3) is 4.05. The van der Waals surface area contributed by atoms with Gasteiger partial charge in [0, 0.05) is 6.20 Å². The van der Waals surface area contributed by atoms with E-state index in [9.17, 15) is 14.7 Å². The van der Waals surface area contributed by atoms with Crippen LogP contribution in [0.3, 0.4) is 0 Å². The number of hydrogen-bond acceptors (Lipinski definition) is 3. The molecule has 0 aliphatic rings. The topological polar surface area (TPSA) is 79.3 Å². The number of aryl methyl sites for hydroxylation is 1. The summed E-state index contributed by atoms with van der Waals surface area (Å²) in [6.07, 6.45) is 2.80. The summed E-state index contributed by atoms with van der Waals surface area (Å²) in [5.74, 6) is -1.33. The highest BCUT2D eigenvalue weighted by Crippen LogP contribution is 2.13. The number of carbonyl (C=O) groups is 2. The first-order valence-corrected chi connectivity index (χ1v) is 6.34. The number of nitrogens with zero attached hydrogens (tertiary/aromatic N) is 1. The van der Waals surface area contributed by atoms with Crippen LogP contribution in [0.2, 0.25) is 0 Å². The fourth-order valence-electron chi connectivity index (χ4n) is 1.93. The van der Waals surface area contributed by atoms with Crippen LogP contribution in [0.4, 0.5) is 0 Å². The quantitative estimate of drug-likeness (QED) is 0.819. The minimum Gasteiger partial charge on any atom is -0.480 e. The molecule has 1 rings (SSSR count). The summed E-state index contributed by atoms with van der Waals surface area (Å²) in [6, 6.07) is 3.67. The van der Waals surface area contributed by atoms with Crippen molar-refractivity contribution < 1.29 is 14.7 Å². The van der Waals surface area contributed by atoms with E-state index in [2.05, 4.69) is 10.3 Å². The van der Waals surface area contributed by atoms with Crippen LogP contribution < -0.4 is 5.32 Å². The zero-order chi connectivity index (χ0) is 14.5. The molecule has 1 aromatic heterocycles. The third-order valence-electron chi connectivity index (χ3n) is 3.08. The standard InChI is InChI=1S/C14H20N2O3/c1-4-7-14(3,13(18)19)16-12(17)9-11-10(2)6-5-8-15-11/h5-6,8H,4,7,9H2,1-3H3,(H,16,17)(H,18,19). The van der Waals surface area contributed by atoms with Crippen LogP contribution in [-0.4, -0.2) is 27.5 Å². The number of nitrogens with one attached hydrogen (secondary N) is 1. The van der Waals surface area contributed by atoms with Gasteiger partial charge in [0.15, 0.2) is 0 Å². The summed E-state index contributed by atoms with van der Waals surface area (Å²) in [5, 5.41) is 11.8. The van der Waals surface area contributed by atoms with Crippen LogP contribution in [0.1, 0.15) is 37.9 Å². The van der Waals surface area contributed by atoms with E-state index >= 15 is 0 Å². The van der Waals surface area contributed by atoms with Crippen molar-refractivity contribution in [2.75, 3.05) is 0 Å². The van der Waals surface area contributed by atoms with Gasteiger partial charge in [-0.05, 0) is 31.9 Å². The highest BCUT2D eigenvalue weighted by Gasteiger charge is 2.33. The maximum atomic E-state index is 11.9. The van der Waals surface area contributed by atoms with E-state index in [0.29, 0.717) is 18.5 Å². The smallest absolute Gasteiger partial charge is 0.329 e. The molecule has 1 heterocycles. The third-order valence-corrected chi connectivity index (χ3v) is 3.08. The molecule has 0 radical (unpaired) electrons. The Labute approximate surface area is 113 Å². The monoisotopic (exact) mass is 264 g/mol. The number of carboxylic acids is 1. The lowest BCUT2D eigenvalue weighted by Gasteiger charge is -2.25. The Morgan fingerprint density at radius 2 is 2.16 bits per heavy atom. The molecule has 19 heavy (non-hydrogen) atoms. The molecule has 1 atom stereocenters. The van der Waals surface area contributed by atoms with Crippen molar-refractivity contribution in [3.05, 3.63) is 29.6 Å². The van der Waals surface area contributed by atoms with Crippen molar-refractivity contribution in [3.8, 4) is 0 Å². The van der Waals surface area contributed by atoms with E-state index in [1.54, 1.807) is 12.3 Å². The van der Waals surface area contributed by atoms with E-state index in [0.717, 1.165) is 5.56 Å². The van der Waals surface area contributed by atoms with Crippen LogP contribution in [0.5, 0.6) is 0 Å². The van der Waals surface area contributed by atoms with Gasteiger partial charge in [0.2, 0.25) is 5.91 Å². The summed E-state index contributed by atoms with van der Waals surface area (Å²) in [5.41, 5.74) is 0.378. The summed E-state index contributed by atoms with van der Waals surface area (Å²) < 4.78 is 0. The van der Waals surface area contributed by atoms with Crippen molar-refractivity contribution in [1.29, 1.82) is 0 Å². The molecule has 0 bridgehead atoms. The normalized spacial score (nSPS) is 13.6. The molecule has 0 saturated carbocycles. The van der Waals surface area contributed by atoms with E-state index in [4.69, 9.17) is 0 Å². The Hall–Kier alpha value is -1.91.